The number of carboxylic acid groups (broad SMARTS) is 1. The molecule has 0 saturated carbocycles. The monoisotopic (exact) mass is 265 g/mol. The Morgan fingerprint density at radius 1 is 1.53 bits per heavy atom. The number of benzene rings is 1. The van der Waals surface area contributed by atoms with Crippen LogP contribution in [-0.2, 0) is 0 Å². The van der Waals surface area contributed by atoms with Gasteiger partial charge in [-0.25, -0.2) is 9.59 Å². The lowest BCUT2D eigenvalue weighted by Gasteiger charge is -2.06. The van der Waals surface area contributed by atoms with E-state index in [-0.39, 0.29) is 6.08 Å². The van der Waals surface area contributed by atoms with Crippen LogP contribution in [0.25, 0.3) is 5.69 Å². The molecule has 1 amide bonds. The number of anilines is 1. The number of hydrogen-bond donors (Lipinski definition) is 2. The minimum atomic E-state index is -1.16. The molecule has 1 aromatic carbocycles. The Morgan fingerprint density at radius 3 is 2.79 bits per heavy atom. The van der Waals surface area contributed by atoms with E-state index < -0.39 is 11.8 Å². The lowest BCUT2D eigenvalue weighted by Crippen LogP contribution is -2.14. The Hall–Kier alpha value is -2.77. The van der Waals surface area contributed by atoms with Gasteiger partial charge in [0, 0.05) is 5.69 Å². The van der Waals surface area contributed by atoms with Crippen molar-refractivity contribution in [2.24, 2.45) is 0 Å². The molecule has 0 fully saturated rings. The van der Waals surface area contributed by atoms with Gasteiger partial charge in [-0.15, -0.1) is 0 Å². The SMILES string of the molecule is COc1nn(-c2ccc(NC(=O)O)c(C)c2)c(=O)o1. The third-order valence-corrected chi connectivity index (χ3v) is 2.40. The highest BCUT2D eigenvalue weighted by Crippen LogP contribution is 2.18. The van der Waals surface area contributed by atoms with Crippen molar-refractivity contribution < 1.29 is 19.1 Å². The number of nitrogens with zero attached hydrogens (tertiary/aromatic N) is 2. The number of hydrogen-bond acceptors (Lipinski definition) is 5. The molecule has 19 heavy (non-hydrogen) atoms. The predicted octanol–water partition coefficient (Wildman–Crippen LogP) is 1.23. The van der Waals surface area contributed by atoms with Crippen molar-refractivity contribution in [2.75, 3.05) is 12.4 Å². The number of amides is 1. The van der Waals surface area contributed by atoms with Crippen molar-refractivity contribution in [3.63, 3.8) is 0 Å². The van der Waals surface area contributed by atoms with Crippen molar-refractivity contribution in [2.45, 2.75) is 6.92 Å². The number of aryl methyl sites for hydroxylation is 1. The van der Waals surface area contributed by atoms with Gasteiger partial charge in [-0.3, -0.25) is 5.32 Å². The molecule has 0 spiro atoms. The van der Waals surface area contributed by atoms with E-state index in [0.717, 1.165) is 4.68 Å². The second-order valence-corrected chi connectivity index (χ2v) is 3.68. The zero-order valence-electron chi connectivity index (χ0n) is 10.2. The highest BCUT2D eigenvalue weighted by molar-refractivity contribution is 5.84. The summed E-state index contributed by atoms with van der Waals surface area (Å²) in [6.45, 7) is 1.71. The van der Waals surface area contributed by atoms with Crippen LogP contribution in [0.5, 0.6) is 6.08 Å². The Bertz CT molecular complexity index is 673. The van der Waals surface area contributed by atoms with Gasteiger partial charge in [0.2, 0.25) is 0 Å². The summed E-state index contributed by atoms with van der Waals surface area (Å²) >= 11 is 0. The first kappa shape index (κ1) is 12.7. The summed E-state index contributed by atoms with van der Waals surface area (Å²) in [5.41, 5.74) is 1.53. The molecule has 0 aliphatic carbocycles. The van der Waals surface area contributed by atoms with E-state index in [1.54, 1.807) is 19.1 Å². The van der Waals surface area contributed by atoms with Crippen molar-refractivity contribution in [1.29, 1.82) is 0 Å². The Balaban J connectivity index is 2.41. The number of nitrogens with one attached hydrogen (secondary N) is 1. The molecule has 0 unspecified atom stereocenters. The maximum atomic E-state index is 11.5. The Morgan fingerprint density at radius 2 is 2.26 bits per heavy atom. The zero-order valence-corrected chi connectivity index (χ0v) is 10.2. The van der Waals surface area contributed by atoms with Gasteiger partial charge in [-0.2, -0.15) is 4.68 Å². The molecule has 8 nitrogen and oxygen atoms in total. The number of ether oxygens (including phenoxy) is 1. The highest BCUT2D eigenvalue weighted by atomic mass is 16.6. The molecule has 8 heteroatoms. The summed E-state index contributed by atoms with van der Waals surface area (Å²) in [5.74, 6) is -0.685. The second kappa shape index (κ2) is 4.84. The van der Waals surface area contributed by atoms with E-state index >= 15 is 0 Å². The minimum Gasteiger partial charge on any atom is -0.465 e. The third-order valence-electron chi connectivity index (χ3n) is 2.40. The molecule has 0 aliphatic rings. The van der Waals surface area contributed by atoms with E-state index in [1.165, 1.54) is 13.2 Å². The molecule has 1 aromatic heterocycles. The lowest BCUT2D eigenvalue weighted by molar-refractivity contribution is 0.209. The van der Waals surface area contributed by atoms with E-state index in [2.05, 4.69) is 10.4 Å². The first-order chi connectivity index (χ1) is 9.01. The van der Waals surface area contributed by atoms with E-state index in [4.69, 9.17) is 14.3 Å². The second-order valence-electron chi connectivity index (χ2n) is 3.68. The fraction of sp³-hybridized carbons (Fsp3) is 0.182. The van der Waals surface area contributed by atoms with Crippen molar-refractivity contribution in [3.8, 4) is 11.8 Å². The summed E-state index contributed by atoms with van der Waals surface area (Å²) in [7, 11) is 1.33. The quantitative estimate of drug-likeness (QED) is 0.864. The number of methoxy groups -OCH3 is 1. The maximum Gasteiger partial charge on any atom is 0.444 e. The Kier molecular flexibility index (Phi) is 3.23. The largest absolute Gasteiger partial charge is 0.465 e. The molecule has 0 atom stereocenters. The molecule has 2 N–H and O–H groups in total. The minimum absolute atomic E-state index is 0.143. The lowest BCUT2D eigenvalue weighted by atomic mass is 10.2. The van der Waals surface area contributed by atoms with Crippen LogP contribution in [0.1, 0.15) is 5.56 Å². The van der Waals surface area contributed by atoms with Gasteiger partial charge >= 0.3 is 17.9 Å². The average Bonchev–Trinajstić information content (AvgIpc) is 2.73. The van der Waals surface area contributed by atoms with Gasteiger partial charge in [0.15, 0.2) is 0 Å². The average molecular weight is 265 g/mol. The molecule has 2 aromatic rings. The first-order valence-corrected chi connectivity index (χ1v) is 5.26. The van der Waals surface area contributed by atoms with Crippen molar-refractivity contribution >= 4 is 11.8 Å². The molecule has 100 valence electrons. The summed E-state index contributed by atoms with van der Waals surface area (Å²) in [5, 5.41) is 14.7. The molecule has 0 aliphatic heterocycles. The van der Waals surface area contributed by atoms with Gasteiger partial charge in [0.05, 0.1) is 12.8 Å². The van der Waals surface area contributed by atoms with Crippen LogP contribution >= 0.6 is 0 Å². The Labute approximate surface area is 107 Å². The third kappa shape index (κ3) is 2.57. The fourth-order valence-corrected chi connectivity index (χ4v) is 1.54. The molecule has 0 saturated heterocycles. The summed E-state index contributed by atoms with van der Waals surface area (Å²) < 4.78 is 10.5. The van der Waals surface area contributed by atoms with E-state index in [0.29, 0.717) is 16.9 Å². The van der Waals surface area contributed by atoms with Crippen LogP contribution in [0.3, 0.4) is 0 Å². The first-order valence-electron chi connectivity index (χ1n) is 5.26. The van der Waals surface area contributed by atoms with Crippen molar-refractivity contribution in [1.82, 2.24) is 9.78 Å². The predicted molar refractivity (Wildman–Crippen MR) is 65.0 cm³/mol. The summed E-state index contributed by atoms with van der Waals surface area (Å²) in [6, 6.07) is 4.68. The van der Waals surface area contributed by atoms with Gasteiger partial charge in [0.1, 0.15) is 0 Å². The topological polar surface area (TPSA) is 107 Å². The smallest absolute Gasteiger partial charge is 0.444 e. The molecular formula is C11H11N3O5. The molecule has 0 radical (unpaired) electrons. The zero-order chi connectivity index (χ0) is 14.0. The molecule has 2 rings (SSSR count). The highest BCUT2D eigenvalue weighted by Gasteiger charge is 2.11. The van der Waals surface area contributed by atoms with E-state index in [1.807, 2.05) is 0 Å². The van der Waals surface area contributed by atoms with Crippen LogP contribution in [-0.4, -0.2) is 28.1 Å². The van der Waals surface area contributed by atoms with Gasteiger partial charge in [-0.05, 0) is 30.7 Å². The van der Waals surface area contributed by atoms with Crippen LogP contribution in [0.4, 0.5) is 10.5 Å². The normalized spacial score (nSPS) is 10.2. The van der Waals surface area contributed by atoms with Crippen LogP contribution < -0.4 is 15.8 Å². The van der Waals surface area contributed by atoms with Gasteiger partial charge in [-0.1, -0.05) is 5.10 Å². The molecular weight excluding hydrogens is 254 g/mol. The van der Waals surface area contributed by atoms with Crippen LogP contribution in [0.2, 0.25) is 0 Å². The standard InChI is InChI=1S/C11H11N3O5/c1-6-5-7(3-4-8(6)12-9(15)16)14-11(17)19-10(13-14)18-2/h3-5,12H,1-2H3,(H,15,16). The number of rotatable bonds is 3. The van der Waals surface area contributed by atoms with Crippen LogP contribution in [0.15, 0.2) is 27.4 Å². The van der Waals surface area contributed by atoms with Crippen LogP contribution in [0, 0.1) is 6.92 Å². The molecule has 1 heterocycles. The fourth-order valence-electron chi connectivity index (χ4n) is 1.54. The number of aromatic nitrogens is 2. The number of carbonyl (C=O) groups is 1. The summed E-state index contributed by atoms with van der Waals surface area (Å²) in [6.07, 6.45) is -1.30. The van der Waals surface area contributed by atoms with Crippen molar-refractivity contribution in [3.05, 3.63) is 34.3 Å². The molecule has 0 bridgehead atoms. The van der Waals surface area contributed by atoms with Gasteiger partial charge in [0.25, 0.3) is 0 Å². The van der Waals surface area contributed by atoms with Gasteiger partial charge < -0.3 is 14.3 Å². The van der Waals surface area contributed by atoms with E-state index in [9.17, 15) is 9.59 Å². The maximum absolute atomic E-state index is 11.5. The summed E-state index contributed by atoms with van der Waals surface area (Å²) in [4.78, 5) is 22.1.